The van der Waals surface area contributed by atoms with Crippen LogP contribution < -0.4 is 5.32 Å². The zero-order chi connectivity index (χ0) is 22.9. The number of rotatable bonds is 7. The topological polar surface area (TPSA) is 43.4 Å². The second kappa shape index (κ2) is 8.49. The van der Waals surface area contributed by atoms with Gasteiger partial charge in [0.15, 0.2) is 8.32 Å². The minimum absolute atomic E-state index is 0.218. The van der Waals surface area contributed by atoms with Crippen molar-refractivity contribution in [1.82, 2.24) is 9.55 Å². The molecule has 1 N–H and O–H groups in total. The number of fused-ring (bicyclic) bond motifs is 1. The molecule has 6 heteroatoms. The molecule has 0 amide bonds. The number of imidazole rings is 1. The minimum Gasteiger partial charge on any atom is -0.415 e. The highest BCUT2D eigenvalue weighted by Gasteiger charge is 2.36. The van der Waals surface area contributed by atoms with Crippen LogP contribution in [-0.2, 0) is 11.0 Å². The summed E-state index contributed by atoms with van der Waals surface area (Å²) in [5, 5.41) is 3.46. The number of nitrogens with zero attached hydrogens (tertiary/aromatic N) is 3. The maximum atomic E-state index is 7.26. The second-order valence-electron chi connectivity index (χ2n) is 10.1. The first kappa shape index (κ1) is 23.0. The van der Waals surface area contributed by atoms with Gasteiger partial charge in [-0.05, 0) is 53.5 Å². The molecule has 1 heterocycles. The summed E-state index contributed by atoms with van der Waals surface area (Å²) < 4.78 is 8.50. The van der Waals surface area contributed by atoms with E-state index in [1.54, 1.807) is 0 Å². The fourth-order valence-corrected chi connectivity index (χ4v) is 4.20. The Labute approximate surface area is 187 Å². The summed E-state index contributed by atoms with van der Waals surface area (Å²) in [4.78, 5) is 8.22. The van der Waals surface area contributed by atoms with E-state index in [0.29, 0.717) is 6.61 Å². The van der Waals surface area contributed by atoms with Crippen LogP contribution in [-0.4, -0.2) is 30.1 Å². The monoisotopic (exact) mass is 434 g/mol. The highest BCUT2D eigenvalue weighted by atomic mass is 28.4. The standard InChI is InChI=1S/C25H34N4OSi/c1-24(2,3)31(7,8)30-16-15-29-18-27-22-17-20(11-14-23(22)29)19-9-12-21(13-10-19)28-25(4,5)26-6/h9-14,17-18,28H,15-16H2,1-5,7-8H3. The first-order valence-electron chi connectivity index (χ1n) is 10.8. The number of anilines is 1. The summed E-state index contributed by atoms with van der Waals surface area (Å²) >= 11 is 0. The fourth-order valence-electron chi connectivity index (χ4n) is 3.16. The Bertz CT molecular complexity index is 1090. The third kappa shape index (κ3) is 5.36. The molecule has 0 atom stereocenters. The summed E-state index contributed by atoms with van der Waals surface area (Å²) in [6.45, 7) is 23.9. The van der Waals surface area contributed by atoms with Crippen LogP contribution in [0.3, 0.4) is 0 Å². The van der Waals surface area contributed by atoms with Crippen LogP contribution in [0.4, 0.5) is 5.69 Å². The van der Waals surface area contributed by atoms with Crippen LogP contribution in [0.15, 0.2) is 48.8 Å². The van der Waals surface area contributed by atoms with Crippen LogP contribution in [0.1, 0.15) is 34.6 Å². The largest absolute Gasteiger partial charge is 0.415 e. The van der Waals surface area contributed by atoms with Gasteiger partial charge in [-0.25, -0.2) is 11.6 Å². The number of hydrogen-bond acceptors (Lipinski definition) is 3. The molecule has 0 aliphatic rings. The molecular formula is C25H34N4OSi. The highest BCUT2D eigenvalue weighted by Crippen LogP contribution is 2.36. The molecule has 0 saturated heterocycles. The summed E-state index contributed by atoms with van der Waals surface area (Å²) in [5.74, 6) is 0. The van der Waals surface area contributed by atoms with Gasteiger partial charge >= 0.3 is 0 Å². The molecule has 0 aliphatic carbocycles. The fraction of sp³-hybridized carbons (Fsp3) is 0.440. The Morgan fingerprint density at radius 2 is 1.68 bits per heavy atom. The number of nitrogens with one attached hydrogen (secondary N) is 1. The van der Waals surface area contributed by atoms with E-state index < -0.39 is 14.0 Å². The SMILES string of the molecule is [C-]#[N+]C(C)(C)Nc1ccc(-c2ccc3c(c2)ncn3CCO[Si](C)(C)C(C)(C)C)cc1. The van der Waals surface area contributed by atoms with Gasteiger partial charge in [-0.1, -0.05) is 39.0 Å². The van der Waals surface area contributed by atoms with E-state index in [1.165, 1.54) is 0 Å². The number of hydrogen-bond donors (Lipinski definition) is 1. The van der Waals surface area contributed by atoms with E-state index in [-0.39, 0.29) is 5.04 Å². The van der Waals surface area contributed by atoms with Crippen molar-refractivity contribution in [3.8, 4) is 11.1 Å². The van der Waals surface area contributed by atoms with Crippen molar-refractivity contribution in [1.29, 1.82) is 0 Å². The predicted octanol–water partition coefficient (Wildman–Crippen LogP) is 6.79. The molecule has 31 heavy (non-hydrogen) atoms. The van der Waals surface area contributed by atoms with Crippen molar-refractivity contribution in [2.75, 3.05) is 11.9 Å². The van der Waals surface area contributed by atoms with Crippen molar-refractivity contribution in [3.63, 3.8) is 0 Å². The van der Waals surface area contributed by atoms with Gasteiger partial charge in [0.25, 0.3) is 5.66 Å². The molecule has 0 fully saturated rings. The Balaban J connectivity index is 1.71. The van der Waals surface area contributed by atoms with Gasteiger partial charge in [-0.3, -0.25) is 4.85 Å². The van der Waals surface area contributed by atoms with Gasteiger partial charge in [0.1, 0.15) is 0 Å². The van der Waals surface area contributed by atoms with Crippen LogP contribution in [0.2, 0.25) is 18.1 Å². The van der Waals surface area contributed by atoms with E-state index in [2.05, 4.69) is 83.9 Å². The van der Waals surface area contributed by atoms with Gasteiger partial charge in [0, 0.05) is 26.1 Å². The Morgan fingerprint density at radius 3 is 2.29 bits per heavy atom. The maximum Gasteiger partial charge on any atom is 0.299 e. The predicted molar refractivity (Wildman–Crippen MR) is 133 cm³/mol. The van der Waals surface area contributed by atoms with Crippen LogP contribution in [0.25, 0.3) is 27.0 Å². The van der Waals surface area contributed by atoms with Crippen molar-refractivity contribution in [2.45, 2.75) is 65.0 Å². The van der Waals surface area contributed by atoms with Crippen molar-refractivity contribution in [3.05, 3.63) is 60.2 Å². The molecule has 164 valence electrons. The third-order valence-corrected chi connectivity index (χ3v) is 10.7. The van der Waals surface area contributed by atoms with E-state index in [4.69, 9.17) is 11.0 Å². The van der Waals surface area contributed by atoms with Crippen molar-refractivity contribution >= 4 is 25.0 Å². The molecule has 0 bridgehead atoms. The third-order valence-electron chi connectivity index (χ3n) is 6.17. The zero-order valence-corrected chi connectivity index (χ0v) is 20.8. The molecule has 0 aliphatic heterocycles. The van der Waals surface area contributed by atoms with Gasteiger partial charge < -0.3 is 14.3 Å². The van der Waals surface area contributed by atoms with Crippen LogP contribution in [0, 0.1) is 6.57 Å². The second-order valence-corrected chi connectivity index (χ2v) is 14.9. The van der Waals surface area contributed by atoms with Gasteiger partial charge in [-0.15, -0.1) is 0 Å². The summed E-state index contributed by atoms with van der Waals surface area (Å²) in [5.41, 5.74) is 4.70. The molecule has 0 spiro atoms. The quantitative estimate of drug-likeness (QED) is 0.329. The number of aromatic nitrogens is 2. The summed E-state index contributed by atoms with van der Waals surface area (Å²) in [6, 6.07) is 14.6. The lowest BCUT2D eigenvalue weighted by molar-refractivity contribution is 0.273. The van der Waals surface area contributed by atoms with Gasteiger partial charge in [0.05, 0.1) is 24.0 Å². The first-order valence-corrected chi connectivity index (χ1v) is 13.7. The lowest BCUT2D eigenvalue weighted by Gasteiger charge is -2.36. The van der Waals surface area contributed by atoms with Crippen LogP contribution in [0.5, 0.6) is 0 Å². The Morgan fingerprint density at radius 1 is 1.03 bits per heavy atom. The zero-order valence-electron chi connectivity index (χ0n) is 19.8. The van der Waals surface area contributed by atoms with Gasteiger partial charge in [0.2, 0.25) is 0 Å². The smallest absolute Gasteiger partial charge is 0.299 e. The highest BCUT2D eigenvalue weighted by molar-refractivity contribution is 6.74. The van der Waals surface area contributed by atoms with E-state index >= 15 is 0 Å². The normalized spacial score (nSPS) is 12.7. The molecule has 0 unspecified atom stereocenters. The van der Waals surface area contributed by atoms with E-state index in [0.717, 1.165) is 34.4 Å². The molecule has 2 aromatic carbocycles. The summed E-state index contributed by atoms with van der Waals surface area (Å²) in [6.07, 6.45) is 1.91. The molecule has 1 aromatic heterocycles. The maximum absolute atomic E-state index is 7.26. The average Bonchev–Trinajstić information content (AvgIpc) is 3.09. The lowest BCUT2D eigenvalue weighted by atomic mass is 10.0. The average molecular weight is 435 g/mol. The van der Waals surface area contributed by atoms with Crippen molar-refractivity contribution < 1.29 is 4.43 Å². The number of benzene rings is 2. The molecule has 0 radical (unpaired) electrons. The molecular weight excluding hydrogens is 400 g/mol. The molecule has 5 nitrogen and oxygen atoms in total. The lowest BCUT2D eigenvalue weighted by Crippen LogP contribution is -2.41. The van der Waals surface area contributed by atoms with Crippen LogP contribution >= 0.6 is 0 Å². The van der Waals surface area contributed by atoms with Crippen molar-refractivity contribution in [2.24, 2.45) is 0 Å². The van der Waals surface area contributed by atoms with Gasteiger partial charge in [-0.2, -0.15) is 0 Å². The Kier molecular flexibility index (Phi) is 6.31. The molecule has 3 aromatic rings. The Hall–Kier alpha value is -2.62. The summed E-state index contributed by atoms with van der Waals surface area (Å²) in [7, 11) is -1.74. The van der Waals surface area contributed by atoms with E-state index in [1.807, 2.05) is 32.3 Å². The molecule has 3 rings (SSSR count). The minimum atomic E-state index is -1.74. The first-order chi connectivity index (χ1) is 14.4. The van der Waals surface area contributed by atoms with E-state index in [9.17, 15) is 0 Å². The molecule has 0 saturated carbocycles.